The molecule has 2 rings (SSSR count). The fraction of sp³-hybridized carbons (Fsp3) is 0. The molecule has 1 amide bonds. The second kappa shape index (κ2) is 7.05. The molecule has 8 nitrogen and oxygen atoms in total. The van der Waals surface area contributed by atoms with Crippen LogP contribution in [0.3, 0.4) is 0 Å². The predicted molar refractivity (Wildman–Crippen MR) is 85.8 cm³/mol. The van der Waals surface area contributed by atoms with Crippen molar-refractivity contribution in [2.24, 2.45) is 0 Å². The van der Waals surface area contributed by atoms with Crippen LogP contribution in [0.5, 0.6) is 5.75 Å². The number of amides is 1. The van der Waals surface area contributed by atoms with Crippen LogP contribution in [0.2, 0.25) is 0 Å². The second-order valence-corrected chi connectivity index (χ2v) is 4.71. The van der Waals surface area contributed by atoms with Gasteiger partial charge in [0, 0.05) is 23.9 Å². The lowest BCUT2D eigenvalue weighted by molar-refractivity contribution is -0.384. The molecular formula is C16H12N2O6. The molecule has 0 saturated heterocycles. The average Bonchev–Trinajstić information content (AvgIpc) is 2.55. The van der Waals surface area contributed by atoms with Gasteiger partial charge in [-0.2, -0.15) is 0 Å². The van der Waals surface area contributed by atoms with Crippen molar-refractivity contribution < 1.29 is 24.7 Å². The summed E-state index contributed by atoms with van der Waals surface area (Å²) in [6.07, 6.45) is 2.66. The number of hydrogen-bond acceptors (Lipinski definition) is 5. The Morgan fingerprint density at radius 3 is 2.38 bits per heavy atom. The largest absolute Gasteiger partial charge is 0.507 e. The number of nitrogens with zero attached hydrogens (tertiary/aromatic N) is 1. The van der Waals surface area contributed by atoms with E-state index in [9.17, 15) is 24.8 Å². The van der Waals surface area contributed by atoms with Gasteiger partial charge in [-0.25, -0.2) is 4.79 Å². The van der Waals surface area contributed by atoms with Gasteiger partial charge < -0.3 is 15.5 Å². The number of aromatic carboxylic acids is 1. The first-order chi connectivity index (χ1) is 11.4. The third-order valence-electron chi connectivity index (χ3n) is 3.03. The highest BCUT2D eigenvalue weighted by Crippen LogP contribution is 2.21. The molecule has 122 valence electrons. The fourth-order valence-electron chi connectivity index (χ4n) is 1.85. The number of carboxylic acids is 1. The Balaban J connectivity index is 2.06. The summed E-state index contributed by atoms with van der Waals surface area (Å²) in [5, 5.41) is 31.3. The van der Waals surface area contributed by atoms with Crippen molar-refractivity contribution in [1.29, 1.82) is 0 Å². The topological polar surface area (TPSA) is 130 Å². The van der Waals surface area contributed by atoms with E-state index in [0.29, 0.717) is 5.56 Å². The monoisotopic (exact) mass is 328 g/mol. The summed E-state index contributed by atoms with van der Waals surface area (Å²) < 4.78 is 0. The Hall–Kier alpha value is -3.68. The summed E-state index contributed by atoms with van der Waals surface area (Å²) in [7, 11) is 0. The third-order valence-corrected chi connectivity index (χ3v) is 3.03. The van der Waals surface area contributed by atoms with Crippen LogP contribution >= 0.6 is 0 Å². The molecule has 0 unspecified atom stereocenters. The van der Waals surface area contributed by atoms with Gasteiger partial charge in [0.1, 0.15) is 11.3 Å². The van der Waals surface area contributed by atoms with E-state index in [1.165, 1.54) is 48.6 Å². The molecule has 0 bridgehead atoms. The van der Waals surface area contributed by atoms with E-state index in [1.54, 1.807) is 0 Å². The van der Waals surface area contributed by atoms with E-state index in [-0.39, 0.29) is 16.9 Å². The first kappa shape index (κ1) is 16.7. The number of hydrogen-bond donors (Lipinski definition) is 3. The smallest absolute Gasteiger partial charge is 0.339 e. The summed E-state index contributed by atoms with van der Waals surface area (Å²) >= 11 is 0. The number of aromatic hydroxyl groups is 1. The Morgan fingerprint density at radius 1 is 1.12 bits per heavy atom. The quantitative estimate of drug-likeness (QED) is 0.335. The standard InChI is InChI=1S/C16H12N2O6/c19-14-7-4-11(9-13(14)16(21)22)17-15(20)8-3-10-1-5-12(6-2-10)18(23)24/h1-9,19H,(H,17,20)(H,21,22)/b8-3+. The normalized spacial score (nSPS) is 10.5. The number of anilines is 1. The number of rotatable bonds is 5. The van der Waals surface area contributed by atoms with E-state index in [2.05, 4.69) is 5.32 Å². The number of carbonyl (C=O) groups is 2. The van der Waals surface area contributed by atoms with E-state index in [0.717, 1.165) is 6.07 Å². The van der Waals surface area contributed by atoms with Crippen molar-refractivity contribution in [2.75, 3.05) is 5.32 Å². The highest BCUT2D eigenvalue weighted by molar-refractivity contribution is 6.03. The number of non-ortho nitro benzene ring substituents is 1. The van der Waals surface area contributed by atoms with Crippen LogP contribution in [0, 0.1) is 10.1 Å². The molecule has 0 atom stereocenters. The molecule has 0 aliphatic heterocycles. The Morgan fingerprint density at radius 2 is 1.79 bits per heavy atom. The zero-order valence-electron chi connectivity index (χ0n) is 12.2. The first-order valence-electron chi connectivity index (χ1n) is 6.66. The highest BCUT2D eigenvalue weighted by Gasteiger charge is 2.10. The van der Waals surface area contributed by atoms with Crippen molar-refractivity contribution in [3.63, 3.8) is 0 Å². The van der Waals surface area contributed by atoms with E-state index in [1.807, 2.05) is 0 Å². The van der Waals surface area contributed by atoms with Crippen molar-refractivity contribution >= 4 is 29.3 Å². The van der Waals surface area contributed by atoms with Crippen LogP contribution < -0.4 is 5.32 Å². The lowest BCUT2D eigenvalue weighted by atomic mass is 10.1. The van der Waals surface area contributed by atoms with Gasteiger partial charge in [-0.15, -0.1) is 0 Å². The summed E-state index contributed by atoms with van der Waals surface area (Å²) in [4.78, 5) is 32.7. The van der Waals surface area contributed by atoms with Crippen LogP contribution in [0.1, 0.15) is 15.9 Å². The van der Waals surface area contributed by atoms with E-state index >= 15 is 0 Å². The summed E-state index contributed by atoms with van der Waals surface area (Å²) in [5.74, 6) is -2.23. The van der Waals surface area contributed by atoms with E-state index < -0.39 is 22.5 Å². The van der Waals surface area contributed by atoms with Gasteiger partial charge >= 0.3 is 5.97 Å². The fourth-order valence-corrected chi connectivity index (χ4v) is 1.85. The summed E-state index contributed by atoms with van der Waals surface area (Å²) in [6.45, 7) is 0. The lowest BCUT2D eigenvalue weighted by Crippen LogP contribution is -2.08. The van der Waals surface area contributed by atoms with Crippen LogP contribution in [0.4, 0.5) is 11.4 Å². The van der Waals surface area contributed by atoms with Gasteiger partial charge in [0.25, 0.3) is 5.69 Å². The molecule has 0 saturated carbocycles. The van der Waals surface area contributed by atoms with Gasteiger partial charge in [-0.05, 0) is 42.0 Å². The minimum absolute atomic E-state index is 0.0538. The molecule has 8 heteroatoms. The van der Waals surface area contributed by atoms with Crippen LogP contribution in [0.15, 0.2) is 48.5 Å². The van der Waals surface area contributed by atoms with Gasteiger partial charge in [0.2, 0.25) is 5.91 Å². The maximum Gasteiger partial charge on any atom is 0.339 e. The molecule has 2 aromatic rings. The molecule has 0 aliphatic carbocycles. The van der Waals surface area contributed by atoms with Gasteiger partial charge in [-0.1, -0.05) is 0 Å². The van der Waals surface area contributed by atoms with Crippen molar-refractivity contribution in [3.8, 4) is 5.75 Å². The number of benzene rings is 2. The predicted octanol–water partition coefficient (Wildman–Crippen LogP) is 2.65. The third kappa shape index (κ3) is 4.17. The van der Waals surface area contributed by atoms with Crippen LogP contribution in [-0.4, -0.2) is 27.0 Å². The molecule has 2 aromatic carbocycles. The number of nitrogens with one attached hydrogen (secondary N) is 1. The summed E-state index contributed by atoms with van der Waals surface area (Å²) in [6, 6.07) is 9.27. The average molecular weight is 328 g/mol. The molecule has 0 aliphatic rings. The van der Waals surface area contributed by atoms with Crippen LogP contribution in [0.25, 0.3) is 6.08 Å². The molecule has 0 spiro atoms. The number of carbonyl (C=O) groups excluding carboxylic acids is 1. The van der Waals surface area contributed by atoms with Crippen LogP contribution in [-0.2, 0) is 4.79 Å². The molecule has 0 fully saturated rings. The minimum atomic E-state index is -1.31. The summed E-state index contributed by atoms with van der Waals surface area (Å²) in [5.41, 5.74) is 0.422. The Bertz CT molecular complexity index is 827. The molecule has 24 heavy (non-hydrogen) atoms. The second-order valence-electron chi connectivity index (χ2n) is 4.71. The van der Waals surface area contributed by atoms with E-state index in [4.69, 9.17) is 5.11 Å². The Kier molecular flexibility index (Phi) is 4.90. The molecule has 0 aromatic heterocycles. The van der Waals surface area contributed by atoms with Crippen molar-refractivity contribution in [3.05, 3.63) is 69.8 Å². The zero-order chi connectivity index (χ0) is 17.7. The minimum Gasteiger partial charge on any atom is -0.507 e. The molecule has 0 radical (unpaired) electrons. The Labute approximate surface area is 135 Å². The number of nitro groups is 1. The molecule has 3 N–H and O–H groups in total. The van der Waals surface area contributed by atoms with Crippen molar-refractivity contribution in [1.82, 2.24) is 0 Å². The maximum absolute atomic E-state index is 11.8. The highest BCUT2D eigenvalue weighted by atomic mass is 16.6. The number of nitro benzene ring substituents is 1. The molecular weight excluding hydrogens is 316 g/mol. The first-order valence-corrected chi connectivity index (χ1v) is 6.66. The number of phenols is 1. The molecule has 0 heterocycles. The maximum atomic E-state index is 11.8. The lowest BCUT2D eigenvalue weighted by Gasteiger charge is -2.05. The zero-order valence-corrected chi connectivity index (χ0v) is 12.2. The van der Waals surface area contributed by atoms with Gasteiger partial charge in [0.15, 0.2) is 0 Å². The SMILES string of the molecule is O=C(/C=C/c1ccc([N+](=O)[O-])cc1)Nc1ccc(O)c(C(=O)O)c1. The van der Waals surface area contributed by atoms with Crippen molar-refractivity contribution in [2.45, 2.75) is 0 Å². The van der Waals surface area contributed by atoms with Gasteiger partial charge in [0.05, 0.1) is 4.92 Å². The van der Waals surface area contributed by atoms with Gasteiger partial charge in [-0.3, -0.25) is 14.9 Å². The number of carboxylic acid groups (broad SMARTS) is 1.